The van der Waals surface area contributed by atoms with Crippen molar-refractivity contribution >= 4 is 0 Å². The van der Waals surface area contributed by atoms with Gasteiger partial charge < -0.3 is 5.11 Å². The summed E-state index contributed by atoms with van der Waals surface area (Å²) in [5.41, 5.74) is 4.06. The number of nitrogens with zero attached hydrogens (tertiary/aromatic N) is 5. The van der Waals surface area contributed by atoms with Gasteiger partial charge in [-0.15, -0.1) is 0 Å². The van der Waals surface area contributed by atoms with Crippen molar-refractivity contribution in [3.63, 3.8) is 0 Å². The lowest BCUT2D eigenvalue weighted by atomic mass is 9.89. The predicted molar refractivity (Wildman–Crippen MR) is 135 cm³/mol. The Bertz CT molecular complexity index is 1320. The lowest BCUT2D eigenvalue weighted by Crippen LogP contribution is -2.14. The van der Waals surface area contributed by atoms with Crippen molar-refractivity contribution in [1.82, 2.24) is 25.0 Å². The molecule has 0 aliphatic rings. The molecule has 4 aromatic rings. The summed E-state index contributed by atoms with van der Waals surface area (Å²) in [7, 11) is 0. The van der Waals surface area contributed by atoms with E-state index >= 15 is 0 Å². The van der Waals surface area contributed by atoms with Crippen LogP contribution in [0.3, 0.4) is 0 Å². The summed E-state index contributed by atoms with van der Waals surface area (Å²) in [6.45, 7) is 8.49. The van der Waals surface area contributed by atoms with E-state index in [0.29, 0.717) is 13.0 Å². The van der Waals surface area contributed by atoms with Crippen LogP contribution in [0.5, 0.6) is 0 Å². The molecule has 0 aliphatic heterocycles. The molecule has 0 spiro atoms. The zero-order chi connectivity index (χ0) is 25.8. The topological polar surface area (TPSA) is 76.7 Å². The molecule has 0 fully saturated rings. The molecule has 0 saturated heterocycles. The first-order valence-electron chi connectivity index (χ1n) is 12.3. The van der Waals surface area contributed by atoms with Crippen LogP contribution in [0, 0.1) is 11.6 Å². The molecule has 188 valence electrons. The van der Waals surface area contributed by atoms with Crippen molar-refractivity contribution < 1.29 is 13.9 Å². The second-order valence-electron chi connectivity index (χ2n) is 9.16. The maximum absolute atomic E-state index is 14.4. The number of aliphatic hydroxyl groups excluding tert-OH is 1. The molecule has 1 unspecified atom stereocenters. The number of hydrogen-bond acceptors (Lipinski definition) is 5. The van der Waals surface area contributed by atoms with Crippen LogP contribution in [-0.4, -0.2) is 36.2 Å². The summed E-state index contributed by atoms with van der Waals surface area (Å²) in [6, 6.07) is 11.3. The number of aliphatic hydroxyl groups is 1. The van der Waals surface area contributed by atoms with Crippen LogP contribution in [0.1, 0.15) is 69.3 Å². The highest BCUT2D eigenvalue weighted by atomic mass is 19.1. The molecule has 36 heavy (non-hydrogen) atoms. The fourth-order valence-electron chi connectivity index (χ4n) is 4.17. The van der Waals surface area contributed by atoms with Crippen molar-refractivity contribution in [3.8, 4) is 22.5 Å². The van der Waals surface area contributed by atoms with Crippen LogP contribution in [0.4, 0.5) is 8.78 Å². The van der Waals surface area contributed by atoms with Gasteiger partial charge >= 0.3 is 0 Å². The second-order valence-corrected chi connectivity index (χ2v) is 9.16. The van der Waals surface area contributed by atoms with Gasteiger partial charge in [0.2, 0.25) is 0 Å². The molecule has 1 aromatic carbocycles. The highest BCUT2D eigenvalue weighted by Gasteiger charge is 2.23. The van der Waals surface area contributed by atoms with Crippen LogP contribution in [0.2, 0.25) is 0 Å². The number of benzene rings is 1. The molecule has 3 aromatic heterocycles. The van der Waals surface area contributed by atoms with E-state index in [1.807, 2.05) is 38.2 Å². The van der Waals surface area contributed by atoms with Gasteiger partial charge in [-0.2, -0.15) is 15.3 Å². The van der Waals surface area contributed by atoms with Gasteiger partial charge in [0.1, 0.15) is 11.6 Å². The van der Waals surface area contributed by atoms with Crippen LogP contribution in [0.25, 0.3) is 22.5 Å². The smallest absolute Gasteiger partial charge is 0.135 e. The van der Waals surface area contributed by atoms with Gasteiger partial charge in [-0.05, 0) is 54.7 Å². The molecule has 1 N–H and O–H groups in total. The fourth-order valence-corrected chi connectivity index (χ4v) is 4.17. The predicted octanol–water partition coefficient (Wildman–Crippen LogP) is 6.12. The first kappa shape index (κ1) is 25.6. The Labute approximate surface area is 210 Å². The number of halogens is 2. The van der Waals surface area contributed by atoms with Gasteiger partial charge in [0.25, 0.3) is 0 Å². The van der Waals surface area contributed by atoms with Gasteiger partial charge in [-0.25, -0.2) is 8.78 Å². The van der Waals surface area contributed by atoms with E-state index in [4.69, 9.17) is 4.98 Å². The quantitative estimate of drug-likeness (QED) is 0.305. The van der Waals surface area contributed by atoms with E-state index in [1.54, 1.807) is 16.9 Å². The minimum absolute atomic E-state index is 0.109. The van der Waals surface area contributed by atoms with Gasteiger partial charge in [-0.3, -0.25) is 9.67 Å². The van der Waals surface area contributed by atoms with E-state index in [-0.39, 0.29) is 23.1 Å². The zero-order valence-electron chi connectivity index (χ0n) is 21.0. The molecule has 0 bridgehead atoms. The van der Waals surface area contributed by atoms with Gasteiger partial charge in [-0.1, -0.05) is 39.8 Å². The Balaban J connectivity index is 1.69. The van der Waals surface area contributed by atoms with E-state index in [9.17, 15) is 13.9 Å². The maximum Gasteiger partial charge on any atom is 0.135 e. The third-order valence-electron chi connectivity index (χ3n) is 6.64. The minimum Gasteiger partial charge on any atom is -0.391 e. The Hall–Kier alpha value is -3.52. The molecule has 0 aliphatic carbocycles. The van der Waals surface area contributed by atoms with E-state index in [1.165, 1.54) is 18.2 Å². The highest BCUT2D eigenvalue weighted by Crippen LogP contribution is 2.34. The average molecular weight is 492 g/mol. The highest BCUT2D eigenvalue weighted by molar-refractivity contribution is 5.62. The van der Waals surface area contributed by atoms with Crippen molar-refractivity contribution in [3.05, 3.63) is 83.4 Å². The molecule has 3 heterocycles. The Morgan fingerprint density at radius 1 is 0.944 bits per heavy atom. The number of aromatic nitrogens is 5. The van der Waals surface area contributed by atoms with Crippen molar-refractivity contribution in [2.24, 2.45) is 0 Å². The van der Waals surface area contributed by atoms with Crippen molar-refractivity contribution in [1.29, 1.82) is 0 Å². The van der Waals surface area contributed by atoms with Gasteiger partial charge in [0.15, 0.2) is 0 Å². The molecule has 0 saturated carbocycles. The molecule has 8 heteroatoms. The van der Waals surface area contributed by atoms with Gasteiger partial charge in [0.05, 0.1) is 41.5 Å². The van der Waals surface area contributed by atoms with E-state index in [2.05, 4.69) is 29.1 Å². The number of pyridine rings is 1. The Morgan fingerprint density at radius 3 is 2.36 bits per heavy atom. The monoisotopic (exact) mass is 491 g/mol. The van der Waals surface area contributed by atoms with Crippen molar-refractivity contribution in [2.45, 2.75) is 65.0 Å². The SMILES string of the molecule is CC[C@H](O)Cn1cc(-c2cccc(C(C)c3nnc(-c4c(F)cccc4F)cc3[C@@H](C)CC)n2)cn1. The van der Waals surface area contributed by atoms with Crippen LogP contribution < -0.4 is 0 Å². The summed E-state index contributed by atoms with van der Waals surface area (Å²) in [6.07, 6.45) is 4.65. The largest absolute Gasteiger partial charge is 0.391 e. The van der Waals surface area contributed by atoms with E-state index in [0.717, 1.165) is 34.6 Å². The van der Waals surface area contributed by atoms with Crippen LogP contribution in [-0.2, 0) is 6.54 Å². The first-order valence-corrected chi connectivity index (χ1v) is 12.3. The first-order chi connectivity index (χ1) is 17.3. The summed E-state index contributed by atoms with van der Waals surface area (Å²) in [4.78, 5) is 4.86. The zero-order valence-corrected chi connectivity index (χ0v) is 21.0. The molecular formula is C28H31F2N5O. The summed E-state index contributed by atoms with van der Waals surface area (Å²) < 4.78 is 30.6. The standard InChI is InChI=1S/C28H31F2N5O/c1-5-17(3)21-13-26(27-22(29)9-7-10-23(27)30)33-34-28(21)18(4)24-11-8-12-25(32-24)19-14-31-35(15-19)16-20(36)6-2/h7-15,17-18,20,36H,5-6,16H2,1-4H3/t17-,18?,20-/m0/s1. The van der Waals surface area contributed by atoms with Crippen LogP contribution >= 0.6 is 0 Å². The molecule has 6 nitrogen and oxygen atoms in total. The molecule has 0 amide bonds. The normalized spacial score (nSPS) is 14.0. The summed E-state index contributed by atoms with van der Waals surface area (Å²) in [5.74, 6) is -1.42. The molecule has 0 radical (unpaired) electrons. The maximum atomic E-state index is 14.4. The molecular weight excluding hydrogens is 460 g/mol. The Morgan fingerprint density at radius 2 is 1.67 bits per heavy atom. The third-order valence-corrected chi connectivity index (χ3v) is 6.64. The molecule has 3 atom stereocenters. The third kappa shape index (κ3) is 5.33. The van der Waals surface area contributed by atoms with Crippen LogP contribution in [0.15, 0.2) is 54.9 Å². The lowest BCUT2D eigenvalue weighted by molar-refractivity contribution is 0.145. The number of rotatable bonds is 9. The second kappa shape index (κ2) is 11.0. The lowest BCUT2D eigenvalue weighted by Gasteiger charge is -2.19. The summed E-state index contributed by atoms with van der Waals surface area (Å²) in [5, 5.41) is 22.9. The van der Waals surface area contributed by atoms with E-state index < -0.39 is 17.7 Å². The number of hydrogen-bond donors (Lipinski definition) is 1. The van der Waals surface area contributed by atoms with Crippen molar-refractivity contribution in [2.75, 3.05) is 0 Å². The molecule has 4 rings (SSSR count). The van der Waals surface area contributed by atoms with Gasteiger partial charge in [0, 0.05) is 23.4 Å². The fraction of sp³-hybridized carbons (Fsp3) is 0.357. The average Bonchev–Trinajstić information content (AvgIpc) is 3.36. The Kier molecular flexibility index (Phi) is 7.84. The minimum atomic E-state index is -0.665. The summed E-state index contributed by atoms with van der Waals surface area (Å²) >= 11 is 0.